The molecule has 0 heterocycles. The van der Waals surface area contributed by atoms with Crippen molar-refractivity contribution in [3.8, 4) is 16.9 Å². The summed E-state index contributed by atoms with van der Waals surface area (Å²) in [5, 5.41) is 7.58. The lowest BCUT2D eigenvalue weighted by Crippen LogP contribution is -2.14. The molecule has 2 nitrogen and oxygen atoms in total. The number of hydrogen-bond acceptors (Lipinski definition) is 2. The number of hydrogen-bond donors (Lipinski definition) is 0. The lowest BCUT2D eigenvalue weighted by molar-refractivity contribution is 0.475. The Hall–Kier alpha value is -4.73. The van der Waals surface area contributed by atoms with Gasteiger partial charge >= 0.3 is 0 Å². The third kappa shape index (κ3) is 8.13. The first-order valence-corrected chi connectivity index (χ1v) is 13.5. The summed E-state index contributed by atoms with van der Waals surface area (Å²) in [6, 6.07) is 46.9. The van der Waals surface area contributed by atoms with E-state index in [-0.39, 0.29) is 0 Å². The van der Waals surface area contributed by atoms with E-state index in [1.807, 2.05) is 66.7 Å². The summed E-state index contributed by atoms with van der Waals surface area (Å²) < 4.78 is 0. The third-order valence-corrected chi connectivity index (χ3v) is 6.81. The fourth-order valence-electron chi connectivity index (χ4n) is 3.89. The van der Waals surface area contributed by atoms with Crippen LogP contribution in [0.2, 0.25) is 0 Å². The minimum absolute atomic E-state index is 0.527. The van der Waals surface area contributed by atoms with Gasteiger partial charge in [-0.1, -0.05) is 116 Å². The summed E-state index contributed by atoms with van der Waals surface area (Å²) in [6.45, 7) is 7.95. The van der Waals surface area contributed by atoms with Gasteiger partial charge in [0.15, 0.2) is 0 Å². The first-order valence-electron chi connectivity index (χ1n) is 12.7. The van der Waals surface area contributed by atoms with Crippen LogP contribution in [0.1, 0.15) is 0 Å². The molecule has 3 heteroatoms. The van der Waals surface area contributed by atoms with E-state index in [0.717, 1.165) is 26.9 Å². The Kier molecular flexibility index (Phi) is 9.99. The largest absolute Gasteiger partial charge is 0.593 e. The highest BCUT2D eigenvalue weighted by atomic mass is 32.2. The molecular formula is C36H32NOS+. The molecular weight excluding hydrogens is 494 g/mol. The smallest absolute Gasteiger partial charge is 0.253 e. The molecule has 0 aliphatic heterocycles. The van der Waals surface area contributed by atoms with Gasteiger partial charge in [0.2, 0.25) is 0 Å². The molecule has 0 aromatic heterocycles. The molecule has 5 aromatic carbocycles. The van der Waals surface area contributed by atoms with Crippen LogP contribution in [-0.2, 0) is 0 Å². The second kappa shape index (κ2) is 14.3. The van der Waals surface area contributed by atoms with Crippen LogP contribution in [0, 0.1) is 0 Å². The van der Waals surface area contributed by atoms with Crippen LogP contribution in [0.4, 0.5) is 11.4 Å². The quantitative estimate of drug-likeness (QED) is 0.148. The second-order valence-electron chi connectivity index (χ2n) is 8.61. The van der Waals surface area contributed by atoms with E-state index in [1.165, 1.54) is 11.1 Å². The highest BCUT2D eigenvalue weighted by molar-refractivity contribution is 7.99. The van der Waals surface area contributed by atoms with Gasteiger partial charge in [-0.05, 0) is 65.7 Å². The molecule has 5 aromatic rings. The van der Waals surface area contributed by atoms with E-state index in [1.54, 1.807) is 17.8 Å². The molecule has 39 heavy (non-hydrogen) atoms. The van der Waals surface area contributed by atoms with Crippen LogP contribution in [0.25, 0.3) is 11.1 Å². The number of benzene rings is 5. The fourth-order valence-corrected chi connectivity index (χ4v) is 4.71. The molecule has 192 valence electrons. The maximum absolute atomic E-state index is 7.58. The van der Waals surface area contributed by atoms with Crippen molar-refractivity contribution in [3.63, 3.8) is 0 Å². The van der Waals surface area contributed by atoms with Crippen molar-refractivity contribution in [2.24, 2.45) is 0 Å². The Morgan fingerprint density at radius 3 is 1.51 bits per heavy atom. The van der Waals surface area contributed by atoms with E-state index < -0.39 is 0 Å². The summed E-state index contributed by atoms with van der Waals surface area (Å²) in [4.78, 5) is 4.39. The summed E-state index contributed by atoms with van der Waals surface area (Å²) >= 11 is 1.68. The molecule has 0 spiro atoms. The number of allylic oxidation sites excluding steroid dienone is 3. The Labute approximate surface area is 235 Å². The van der Waals surface area contributed by atoms with Gasteiger partial charge in [-0.15, -0.1) is 0 Å². The first kappa shape index (κ1) is 27.3. The van der Waals surface area contributed by atoms with Gasteiger partial charge in [-0.3, -0.25) is 0 Å². The van der Waals surface area contributed by atoms with Crippen LogP contribution in [0.15, 0.2) is 186 Å². The van der Waals surface area contributed by atoms with Crippen LogP contribution in [0.3, 0.4) is 0 Å². The van der Waals surface area contributed by atoms with Crippen molar-refractivity contribution in [2.45, 2.75) is 9.79 Å². The minimum Gasteiger partial charge on any atom is -0.593 e. The fraction of sp³-hybridized carbons (Fsp3) is 0. The Balaban J connectivity index is 0.000000243. The maximum Gasteiger partial charge on any atom is 0.253 e. The molecule has 0 saturated carbocycles. The minimum atomic E-state index is 0.527. The van der Waals surface area contributed by atoms with Gasteiger partial charge in [0.25, 0.3) is 5.75 Å². The molecule has 2 N–H and O–H groups in total. The Bertz CT molecular complexity index is 1440. The Morgan fingerprint density at radius 2 is 1.03 bits per heavy atom. The van der Waals surface area contributed by atoms with Gasteiger partial charge in [0, 0.05) is 39.0 Å². The van der Waals surface area contributed by atoms with Crippen LogP contribution in [0.5, 0.6) is 5.75 Å². The van der Waals surface area contributed by atoms with Crippen molar-refractivity contribution < 1.29 is 5.11 Å². The number of rotatable bonds is 8. The first-order chi connectivity index (χ1) is 19.1. The molecule has 0 unspecified atom stereocenters. The van der Waals surface area contributed by atoms with Crippen molar-refractivity contribution >= 4 is 23.1 Å². The molecule has 0 amide bonds. The molecule has 0 saturated heterocycles. The molecule has 0 aliphatic carbocycles. The molecule has 0 aliphatic rings. The van der Waals surface area contributed by atoms with E-state index in [4.69, 9.17) is 5.11 Å². The summed E-state index contributed by atoms with van der Waals surface area (Å²) in [5.41, 5.74) is 5.53. The van der Waals surface area contributed by atoms with Crippen LogP contribution in [-0.4, -0.2) is 5.11 Å². The van der Waals surface area contributed by atoms with E-state index in [9.17, 15) is 0 Å². The van der Waals surface area contributed by atoms with Crippen molar-refractivity contribution in [1.82, 2.24) is 0 Å². The lowest BCUT2D eigenvalue weighted by atomic mass is 10.1. The topological polar surface area (TPSA) is 26.1 Å². The van der Waals surface area contributed by atoms with Crippen LogP contribution < -0.4 is 4.90 Å². The average Bonchev–Trinajstić information content (AvgIpc) is 3.00. The average molecular weight is 527 g/mol. The summed E-state index contributed by atoms with van der Waals surface area (Å²) in [7, 11) is 0. The van der Waals surface area contributed by atoms with Gasteiger partial charge in [-0.25, -0.2) is 0 Å². The molecule has 5 rings (SSSR count). The zero-order valence-corrected chi connectivity index (χ0v) is 22.6. The summed E-state index contributed by atoms with van der Waals surface area (Å²) in [6.07, 6.45) is 5.58. The van der Waals surface area contributed by atoms with Gasteiger partial charge < -0.3 is 10.0 Å². The highest BCUT2D eigenvalue weighted by Gasteiger charge is 2.11. The van der Waals surface area contributed by atoms with Gasteiger partial charge in [0.05, 0.1) is 0 Å². The SMILES string of the molecule is C=C/C=C\C(=C)N(c1ccccc1)c1ccc(Sc2ccc([OH2+])cc2)cc1.c1ccc(-c2ccccc2)cc1. The second-order valence-corrected chi connectivity index (χ2v) is 9.76. The normalized spacial score (nSPS) is 10.4. The monoisotopic (exact) mass is 526 g/mol. The lowest BCUT2D eigenvalue weighted by Gasteiger charge is -2.25. The van der Waals surface area contributed by atoms with Crippen molar-refractivity contribution in [1.29, 1.82) is 0 Å². The predicted octanol–water partition coefficient (Wildman–Crippen LogP) is 10.0. The van der Waals surface area contributed by atoms with E-state index in [0.29, 0.717) is 5.75 Å². The molecule has 0 radical (unpaired) electrons. The predicted molar refractivity (Wildman–Crippen MR) is 169 cm³/mol. The van der Waals surface area contributed by atoms with E-state index >= 15 is 0 Å². The van der Waals surface area contributed by atoms with Crippen LogP contribution >= 0.6 is 11.8 Å². The number of para-hydroxylation sites is 1. The molecule has 0 atom stereocenters. The maximum atomic E-state index is 7.58. The Morgan fingerprint density at radius 1 is 0.590 bits per heavy atom. The van der Waals surface area contributed by atoms with Gasteiger partial charge in [0.1, 0.15) is 0 Å². The van der Waals surface area contributed by atoms with Crippen molar-refractivity contribution in [3.05, 3.63) is 177 Å². The molecule has 0 bridgehead atoms. The highest BCUT2D eigenvalue weighted by Crippen LogP contribution is 2.34. The van der Waals surface area contributed by atoms with E-state index in [2.05, 4.69) is 103 Å². The standard InChI is InChI=1S/C24H21NOS.C12H10/c1-3-4-8-19(2)25(20-9-6-5-7-10-20)21-11-15-23(16-12-21)27-24-17-13-22(26)14-18-24;1-3-7-11(8-4-1)12-9-5-2-6-10-12/h3-18,26H,1-2H2;1-10H/p+1/b8-4-;. The number of nitrogens with zero attached hydrogens (tertiary/aromatic N) is 1. The number of anilines is 2. The summed E-state index contributed by atoms with van der Waals surface area (Å²) in [5.74, 6) is 0.527. The van der Waals surface area contributed by atoms with Crippen molar-refractivity contribution in [2.75, 3.05) is 4.90 Å². The zero-order chi connectivity index (χ0) is 27.3. The van der Waals surface area contributed by atoms with Gasteiger partial charge in [-0.2, -0.15) is 0 Å². The zero-order valence-electron chi connectivity index (χ0n) is 21.8. The third-order valence-electron chi connectivity index (χ3n) is 5.79. The molecule has 0 fully saturated rings.